The van der Waals surface area contributed by atoms with E-state index in [4.69, 9.17) is 4.74 Å². The molecule has 1 aromatic carbocycles. The second-order valence-corrected chi connectivity index (χ2v) is 6.37. The van der Waals surface area contributed by atoms with E-state index in [0.29, 0.717) is 5.69 Å². The van der Waals surface area contributed by atoms with E-state index in [9.17, 15) is 18.0 Å². The van der Waals surface area contributed by atoms with Gasteiger partial charge >= 0.3 is 0 Å². The van der Waals surface area contributed by atoms with E-state index in [0.717, 1.165) is 0 Å². The number of nitrogens with one attached hydrogen (secondary N) is 4. The van der Waals surface area contributed by atoms with Crippen molar-refractivity contribution in [2.45, 2.75) is 11.8 Å². The number of carbonyl (C=O) groups is 2. The predicted octanol–water partition coefficient (Wildman–Crippen LogP) is 0.605. The summed E-state index contributed by atoms with van der Waals surface area (Å²) in [6.45, 7) is 1.32. The van der Waals surface area contributed by atoms with Crippen LogP contribution in [0.15, 0.2) is 41.4 Å². The molecule has 2 amide bonds. The molecule has 0 aliphatic rings. The molecule has 0 aliphatic heterocycles. The minimum Gasteiger partial charge on any atom is -0.495 e. The summed E-state index contributed by atoms with van der Waals surface area (Å²) in [4.78, 5) is 27.3. The van der Waals surface area contributed by atoms with Gasteiger partial charge in [-0.25, -0.2) is 8.42 Å². The molecule has 0 fully saturated rings. The van der Waals surface area contributed by atoms with Crippen molar-refractivity contribution in [1.82, 2.24) is 15.2 Å². The smallest absolute Gasteiger partial charge is 0.282 e. The van der Waals surface area contributed by atoms with Gasteiger partial charge in [-0.2, -0.15) is 0 Å². The standard InChI is InChI=1S/C14H16N4O5S/c1-9(19)16-11-6-5-10(8-13(11)23-2)24(21,22)18-17-14(20)12-4-3-7-15-12/h3-8,15,18H,1-2H3,(H,16,19)(H,17,20). The molecular formula is C14H16N4O5S. The molecule has 0 radical (unpaired) electrons. The Morgan fingerprint density at radius 1 is 1.21 bits per heavy atom. The van der Waals surface area contributed by atoms with Gasteiger partial charge in [-0.05, 0) is 24.3 Å². The lowest BCUT2D eigenvalue weighted by atomic mass is 10.3. The number of sulfonamides is 1. The first-order valence-electron chi connectivity index (χ1n) is 6.74. The number of carbonyl (C=O) groups excluding carboxylic acids is 2. The minimum absolute atomic E-state index is 0.139. The van der Waals surface area contributed by atoms with Crippen LogP contribution < -0.4 is 20.3 Å². The van der Waals surface area contributed by atoms with Crippen LogP contribution in [0.25, 0.3) is 0 Å². The third-order valence-electron chi connectivity index (χ3n) is 2.94. The fourth-order valence-electron chi connectivity index (χ4n) is 1.84. The topological polar surface area (TPSA) is 129 Å². The molecule has 4 N–H and O–H groups in total. The molecule has 2 rings (SSSR count). The zero-order valence-corrected chi connectivity index (χ0v) is 13.7. The molecule has 0 saturated heterocycles. The average molecular weight is 352 g/mol. The maximum Gasteiger partial charge on any atom is 0.282 e. The van der Waals surface area contributed by atoms with Gasteiger partial charge in [0.25, 0.3) is 15.9 Å². The van der Waals surface area contributed by atoms with Crippen molar-refractivity contribution in [1.29, 1.82) is 0 Å². The lowest BCUT2D eigenvalue weighted by Crippen LogP contribution is -2.41. The Bertz CT molecular complexity index is 846. The summed E-state index contributed by atoms with van der Waals surface area (Å²) in [5.41, 5.74) is 2.63. The van der Waals surface area contributed by atoms with Crippen LogP contribution in [-0.2, 0) is 14.8 Å². The third-order valence-corrected chi connectivity index (χ3v) is 4.18. The van der Waals surface area contributed by atoms with Crippen LogP contribution in [0.3, 0.4) is 0 Å². The second-order valence-electron chi connectivity index (χ2n) is 4.69. The van der Waals surface area contributed by atoms with Crippen molar-refractivity contribution >= 4 is 27.5 Å². The van der Waals surface area contributed by atoms with Gasteiger partial charge in [-0.15, -0.1) is 4.83 Å². The third kappa shape index (κ3) is 4.12. The summed E-state index contributed by atoms with van der Waals surface area (Å²) in [5.74, 6) is -0.783. The maximum atomic E-state index is 12.2. The number of H-pyrrole nitrogens is 1. The second kappa shape index (κ2) is 7.15. The van der Waals surface area contributed by atoms with Crippen molar-refractivity contribution in [2.75, 3.05) is 12.4 Å². The Morgan fingerprint density at radius 2 is 1.96 bits per heavy atom. The van der Waals surface area contributed by atoms with Gasteiger partial charge < -0.3 is 15.0 Å². The van der Waals surface area contributed by atoms with Crippen LogP contribution in [0.1, 0.15) is 17.4 Å². The molecule has 0 unspecified atom stereocenters. The van der Waals surface area contributed by atoms with E-state index in [1.807, 2.05) is 4.83 Å². The van der Waals surface area contributed by atoms with E-state index in [2.05, 4.69) is 15.7 Å². The monoisotopic (exact) mass is 352 g/mol. The summed E-state index contributed by atoms with van der Waals surface area (Å²) < 4.78 is 29.5. The first-order chi connectivity index (χ1) is 11.3. The number of aromatic nitrogens is 1. The zero-order valence-electron chi connectivity index (χ0n) is 12.9. The number of hydrogen-bond acceptors (Lipinski definition) is 5. The fourth-order valence-corrected chi connectivity index (χ4v) is 2.70. The average Bonchev–Trinajstić information content (AvgIpc) is 3.07. The number of rotatable bonds is 6. The van der Waals surface area contributed by atoms with Gasteiger partial charge in [0.1, 0.15) is 11.4 Å². The molecule has 0 spiro atoms. The number of methoxy groups -OCH3 is 1. The molecular weight excluding hydrogens is 336 g/mol. The Labute approximate surface area is 138 Å². The Hall–Kier alpha value is -2.85. The van der Waals surface area contributed by atoms with Crippen molar-refractivity contribution in [3.8, 4) is 5.75 Å². The van der Waals surface area contributed by atoms with Gasteiger partial charge in [-0.3, -0.25) is 15.0 Å². The summed E-state index contributed by atoms with van der Waals surface area (Å²) >= 11 is 0. The van der Waals surface area contributed by atoms with E-state index >= 15 is 0 Å². The molecule has 1 heterocycles. The van der Waals surface area contributed by atoms with Gasteiger partial charge in [0.05, 0.1) is 17.7 Å². The van der Waals surface area contributed by atoms with Crippen molar-refractivity contribution < 1.29 is 22.7 Å². The van der Waals surface area contributed by atoms with Gasteiger partial charge in [0, 0.05) is 19.2 Å². The maximum absolute atomic E-state index is 12.2. The summed E-state index contributed by atoms with van der Waals surface area (Å²) in [5, 5.41) is 2.52. The van der Waals surface area contributed by atoms with E-state index in [-0.39, 0.29) is 22.2 Å². The molecule has 9 nitrogen and oxygen atoms in total. The van der Waals surface area contributed by atoms with Crippen LogP contribution in [-0.4, -0.2) is 32.3 Å². The number of hydrogen-bond donors (Lipinski definition) is 4. The van der Waals surface area contributed by atoms with Crippen LogP contribution in [0, 0.1) is 0 Å². The van der Waals surface area contributed by atoms with Crippen LogP contribution in [0.4, 0.5) is 5.69 Å². The predicted molar refractivity (Wildman–Crippen MR) is 85.9 cm³/mol. The molecule has 1 aromatic heterocycles. The number of amides is 2. The molecule has 0 saturated carbocycles. The highest BCUT2D eigenvalue weighted by atomic mass is 32.2. The molecule has 0 aliphatic carbocycles. The van der Waals surface area contributed by atoms with Gasteiger partial charge in [0.2, 0.25) is 5.91 Å². The molecule has 0 bridgehead atoms. The van der Waals surface area contributed by atoms with E-state index in [1.165, 1.54) is 44.5 Å². The number of benzene rings is 1. The minimum atomic E-state index is -4.01. The highest BCUT2D eigenvalue weighted by Crippen LogP contribution is 2.27. The van der Waals surface area contributed by atoms with Crippen LogP contribution in [0.2, 0.25) is 0 Å². The Morgan fingerprint density at radius 3 is 2.54 bits per heavy atom. The molecule has 128 valence electrons. The lowest BCUT2D eigenvalue weighted by Gasteiger charge is -2.12. The summed E-state index contributed by atoms with van der Waals surface area (Å²) in [6.07, 6.45) is 1.54. The summed E-state index contributed by atoms with van der Waals surface area (Å²) in [6, 6.07) is 7.00. The highest BCUT2D eigenvalue weighted by Gasteiger charge is 2.18. The molecule has 0 atom stereocenters. The SMILES string of the molecule is COc1cc(S(=O)(=O)NNC(=O)c2ccc[nH]2)ccc1NC(C)=O. The number of anilines is 1. The fraction of sp³-hybridized carbons (Fsp3) is 0.143. The number of aromatic amines is 1. The highest BCUT2D eigenvalue weighted by molar-refractivity contribution is 7.89. The zero-order chi connectivity index (χ0) is 17.7. The van der Waals surface area contributed by atoms with Crippen molar-refractivity contribution in [3.05, 3.63) is 42.2 Å². The van der Waals surface area contributed by atoms with Crippen molar-refractivity contribution in [3.63, 3.8) is 0 Å². The first-order valence-corrected chi connectivity index (χ1v) is 8.23. The Kier molecular flexibility index (Phi) is 5.21. The van der Waals surface area contributed by atoms with Gasteiger partial charge in [-0.1, -0.05) is 0 Å². The normalized spacial score (nSPS) is 10.9. The quantitative estimate of drug-likeness (QED) is 0.566. The first kappa shape index (κ1) is 17.5. The lowest BCUT2D eigenvalue weighted by molar-refractivity contribution is -0.114. The van der Waals surface area contributed by atoms with Gasteiger partial charge in [0.15, 0.2) is 0 Å². The van der Waals surface area contributed by atoms with E-state index in [1.54, 1.807) is 6.07 Å². The van der Waals surface area contributed by atoms with E-state index < -0.39 is 15.9 Å². The summed E-state index contributed by atoms with van der Waals surface area (Å²) in [7, 11) is -2.67. The molecule has 10 heteroatoms. The number of ether oxygens (including phenoxy) is 1. The largest absolute Gasteiger partial charge is 0.495 e. The van der Waals surface area contributed by atoms with Crippen LogP contribution >= 0.6 is 0 Å². The number of hydrazine groups is 1. The molecule has 2 aromatic rings. The van der Waals surface area contributed by atoms with Crippen molar-refractivity contribution in [2.24, 2.45) is 0 Å². The van der Waals surface area contributed by atoms with Crippen LogP contribution in [0.5, 0.6) is 5.75 Å². The Balaban J connectivity index is 2.16. The molecule has 24 heavy (non-hydrogen) atoms.